The summed E-state index contributed by atoms with van der Waals surface area (Å²) in [5.74, 6) is 0. The maximum atomic E-state index is 9.12. The van der Waals surface area contributed by atoms with Crippen molar-refractivity contribution in [2.45, 2.75) is 147 Å². The van der Waals surface area contributed by atoms with E-state index < -0.39 is 4.87 Å². The number of halogens is 1. The van der Waals surface area contributed by atoms with Gasteiger partial charge < -0.3 is 10.2 Å². The summed E-state index contributed by atoms with van der Waals surface area (Å²) in [6, 6.07) is 0. The minimum absolute atomic E-state index is 0.110. The highest BCUT2D eigenvalue weighted by atomic mass is 35.5. The molecule has 0 aromatic rings. The Bertz CT molecular complexity index is 351. The lowest BCUT2D eigenvalue weighted by atomic mass is 9.93. The molecule has 0 bridgehead atoms. The van der Waals surface area contributed by atoms with E-state index in [1.807, 2.05) is 0 Å². The number of hydrogen-bond donors (Lipinski definition) is 2. The van der Waals surface area contributed by atoms with Crippen molar-refractivity contribution in [3.8, 4) is 0 Å². The number of aliphatic hydroxyl groups is 2. The van der Waals surface area contributed by atoms with E-state index in [4.69, 9.17) is 21.8 Å². The third-order valence-electron chi connectivity index (χ3n) is 6.26. The Morgan fingerprint density at radius 2 is 0.900 bits per heavy atom. The van der Waals surface area contributed by atoms with Crippen LogP contribution in [-0.2, 0) is 0 Å². The van der Waals surface area contributed by atoms with Crippen LogP contribution in [0.5, 0.6) is 0 Å². The van der Waals surface area contributed by atoms with Gasteiger partial charge in [0.05, 0.1) is 0 Å². The van der Waals surface area contributed by atoms with Crippen molar-refractivity contribution in [3.05, 3.63) is 12.2 Å². The maximum absolute atomic E-state index is 9.12. The van der Waals surface area contributed by atoms with Gasteiger partial charge in [-0.25, -0.2) is 0 Å². The molecule has 180 valence electrons. The quantitative estimate of drug-likeness (QED) is 0.0886. The van der Waals surface area contributed by atoms with Crippen LogP contribution in [0.3, 0.4) is 0 Å². The second kappa shape index (κ2) is 23.6. The van der Waals surface area contributed by atoms with Crippen LogP contribution in [0.25, 0.3) is 0 Å². The van der Waals surface area contributed by atoms with Crippen LogP contribution in [0.4, 0.5) is 0 Å². The predicted octanol–water partition coefficient (Wildman–Crippen LogP) is 8.72. The zero-order valence-electron chi connectivity index (χ0n) is 20.2. The van der Waals surface area contributed by atoms with Crippen LogP contribution >= 0.6 is 11.6 Å². The molecule has 0 heterocycles. The molecule has 2 nitrogen and oxygen atoms in total. The third kappa shape index (κ3) is 21.2. The van der Waals surface area contributed by atoms with Crippen molar-refractivity contribution in [2.24, 2.45) is 0 Å². The predicted molar refractivity (Wildman–Crippen MR) is 135 cm³/mol. The maximum Gasteiger partial charge on any atom is 0.0490 e. The van der Waals surface area contributed by atoms with Gasteiger partial charge in [-0.2, -0.15) is 0 Å². The van der Waals surface area contributed by atoms with E-state index in [1.54, 1.807) is 0 Å². The monoisotopic (exact) mass is 444 g/mol. The van der Waals surface area contributed by atoms with Gasteiger partial charge in [0.15, 0.2) is 0 Å². The largest absolute Gasteiger partial charge is 0.396 e. The summed E-state index contributed by atoms with van der Waals surface area (Å²) in [6.07, 6.45) is 31.0. The zero-order chi connectivity index (χ0) is 22.2. The standard InChI is InChI=1S/C27H53ClO2/c1-2-3-4-5-6-7-8-9-10-11-12-13-14-15-16-17-18-19-20-21-22-27(28,23-25-29)24-26-30/h9-10,29-30H,2-8,11-26H2,1H3/b10-9-. The van der Waals surface area contributed by atoms with E-state index in [0.717, 1.165) is 12.8 Å². The molecule has 0 aliphatic carbocycles. The molecule has 30 heavy (non-hydrogen) atoms. The first-order valence-electron chi connectivity index (χ1n) is 13.2. The summed E-state index contributed by atoms with van der Waals surface area (Å²) in [7, 11) is 0. The molecule has 0 rings (SSSR count). The molecule has 0 aliphatic rings. The zero-order valence-corrected chi connectivity index (χ0v) is 20.9. The Morgan fingerprint density at radius 1 is 0.533 bits per heavy atom. The molecule has 0 spiro atoms. The highest BCUT2D eigenvalue weighted by Gasteiger charge is 2.25. The minimum atomic E-state index is -0.396. The highest BCUT2D eigenvalue weighted by Crippen LogP contribution is 2.30. The fraction of sp³-hybridized carbons (Fsp3) is 0.926. The summed E-state index contributed by atoms with van der Waals surface area (Å²) in [5.41, 5.74) is 0. The number of alkyl halides is 1. The van der Waals surface area contributed by atoms with Crippen molar-refractivity contribution in [3.63, 3.8) is 0 Å². The summed E-state index contributed by atoms with van der Waals surface area (Å²) in [5, 5.41) is 18.2. The molecule has 0 aliphatic heterocycles. The smallest absolute Gasteiger partial charge is 0.0490 e. The lowest BCUT2D eigenvalue weighted by Crippen LogP contribution is -2.24. The number of unbranched alkanes of at least 4 members (excludes halogenated alkanes) is 16. The van der Waals surface area contributed by atoms with Crippen LogP contribution in [0.15, 0.2) is 12.2 Å². The van der Waals surface area contributed by atoms with Gasteiger partial charge >= 0.3 is 0 Å². The molecule has 0 radical (unpaired) electrons. The number of hydrogen-bond acceptors (Lipinski definition) is 2. The first-order chi connectivity index (χ1) is 14.7. The van der Waals surface area contributed by atoms with Gasteiger partial charge in [0.25, 0.3) is 0 Å². The molecular weight excluding hydrogens is 392 g/mol. The van der Waals surface area contributed by atoms with Crippen LogP contribution in [0.2, 0.25) is 0 Å². The Balaban J connectivity index is 3.28. The Morgan fingerprint density at radius 3 is 1.30 bits per heavy atom. The minimum Gasteiger partial charge on any atom is -0.396 e. The van der Waals surface area contributed by atoms with Gasteiger partial charge in [0.2, 0.25) is 0 Å². The van der Waals surface area contributed by atoms with E-state index >= 15 is 0 Å². The summed E-state index contributed by atoms with van der Waals surface area (Å²) < 4.78 is 0. The Labute approximate surface area is 193 Å². The van der Waals surface area contributed by atoms with E-state index in [-0.39, 0.29) is 13.2 Å². The second-order valence-electron chi connectivity index (χ2n) is 9.20. The molecule has 0 aromatic carbocycles. The number of rotatable bonds is 24. The van der Waals surface area contributed by atoms with Gasteiger partial charge in [-0.15, -0.1) is 11.6 Å². The van der Waals surface area contributed by atoms with Crippen LogP contribution < -0.4 is 0 Å². The molecule has 0 amide bonds. The van der Waals surface area contributed by atoms with E-state index in [2.05, 4.69) is 19.1 Å². The van der Waals surface area contributed by atoms with Gasteiger partial charge in [-0.05, 0) is 44.9 Å². The third-order valence-corrected chi connectivity index (χ3v) is 6.82. The van der Waals surface area contributed by atoms with E-state index in [9.17, 15) is 0 Å². The molecule has 2 N–H and O–H groups in total. The average Bonchev–Trinajstić information content (AvgIpc) is 2.72. The SMILES string of the molecule is CCCCCCCC/C=C\CCCCCCCCCCCCC(Cl)(CCO)CCO. The highest BCUT2D eigenvalue weighted by molar-refractivity contribution is 6.23. The van der Waals surface area contributed by atoms with Crippen LogP contribution in [0.1, 0.15) is 142 Å². The molecule has 3 heteroatoms. The lowest BCUT2D eigenvalue weighted by Gasteiger charge is -2.25. The van der Waals surface area contributed by atoms with Crippen molar-refractivity contribution in [2.75, 3.05) is 13.2 Å². The van der Waals surface area contributed by atoms with E-state index in [0.29, 0.717) is 12.8 Å². The Hall–Kier alpha value is -0.0500. The second-order valence-corrected chi connectivity index (χ2v) is 10.0. The number of aliphatic hydroxyl groups excluding tert-OH is 2. The molecule has 0 fully saturated rings. The number of allylic oxidation sites excluding steroid dienone is 2. The van der Waals surface area contributed by atoms with Gasteiger partial charge in [0, 0.05) is 18.1 Å². The van der Waals surface area contributed by atoms with Crippen molar-refractivity contribution >= 4 is 11.6 Å². The summed E-state index contributed by atoms with van der Waals surface area (Å²) in [4.78, 5) is -0.396. The van der Waals surface area contributed by atoms with Crippen LogP contribution in [0, 0.1) is 0 Å². The molecule has 0 aromatic heterocycles. The normalized spacial score (nSPS) is 12.3. The molecule has 0 saturated carbocycles. The van der Waals surface area contributed by atoms with Crippen molar-refractivity contribution in [1.82, 2.24) is 0 Å². The first kappa shape index (κ1) is 29.9. The molecule has 0 unspecified atom stereocenters. The summed E-state index contributed by atoms with van der Waals surface area (Å²) in [6.45, 7) is 2.50. The molecular formula is C27H53ClO2. The van der Waals surface area contributed by atoms with E-state index in [1.165, 1.54) is 109 Å². The molecule has 0 atom stereocenters. The summed E-state index contributed by atoms with van der Waals surface area (Å²) >= 11 is 6.50. The van der Waals surface area contributed by atoms with Gasteiger partial charge in [-0.1, -0.05) is 109 Å². The molecule has 0 saturated heterocycles. The Kier molecular flexibility index (Phi) is 23.6. The fourth-order valence-corrected chi connectivity index (χ4v) is 4.47. The van der Waals surface area contributed by atoms with Crippen LogP contribution in [-0.4, -0.2) is 28.3 Å². The van der Waals surface area contributed by atoms with Crippen molar-refractivity contribution < 1.29 is 10.2 Å². The first-order valence-corrected chi connectivity index (χ1v) is 13.6. The fourth-order valence-electron chi connectivity index (χ4n) is 4.17. The van der Waals surface area contributed by atoms with Gasteiger partial charge in [-0.3, -0.25) is 0 Å². The average molecular weight is 445 g/mol. The van der Waals surface area contributed by atoms with Gasteiger partial charge in [0.1, 0.15) is 0 Å². The lowest BCUT2D eigenvalue weighted by molar-refractivity contribution is 0.220. The van der Waals surface area contributed by atoms with Crippen molar-refractivity contribution in [1.29, 1.82) is 0 Å². The topological polar surface area (TPSA) is 40.5 Å².